The molecule has 6 nitrogen and oxygen atoms in total. The molecule has 0 amide bonds. The van der Waals surface area contributed by atoms with E-state index in [1.54, 1.807) is 21.9 Å². The average Bonchev–Trinajstić information content (AvgIpc) is 3.21. The first kappa shape index (κ1) is 12.8. The zero-order valence-electron chi connectivity index (χ0n) is 11.0. The predicted octanol–water partition coefficient (Wildman–Crippen LogP) is 3.71. The number of aromatic nitrogens is 2. The van der Waals surface area contributed by atoms with Gasteiger partial charge in [-0.2, -0.15) is 20.7 Å². The van der Waals surface area contributed by atoms with Crippen LogP contribution in [0.5, 0.6) is 0 Å². The second kappa shape index (κ2) is 4.81. The van der Waals surface area contributed by atoms with Gasteiger partial charge in [0.15, 0.2) is 0 Å². The number of thiophene rings is 1. The lowest BCUT2D eigenvalue weighted by atomic mass is 10.1. The SMILES string of the molecule is O=[N+]([O-])c1c(N2CCC[C@@H]2c2ccsc2)nc2sccn12. The summed E-state index contributed by atoms with van der Waals surface area (Å²) in [6.45, 7) is 0.812. The maximum atomic E-state index is 11.5. The number of fused-ring (bicyclic) bond motifs is 1. The molecule has 0 aliphatic carbocycles. The minimum absolute atomic E-state index is 0.0772. The average molecular weight is 320 g/mol. The summed E-state index contributed by atoms with van der Waals surface area (Å²) in [6.07, 6.45) is 3.76. The maximum Gasteiger partial charge on any atom is 0.373 e. The van der Waals surface area contributed by atoms with Crippen LogP contribution in [0.2, 0.25) is 0 Å². The predicted molar refractivity (Wildman–Crippen MR) is 83.4 cm³/mol. The van der Waals surface area contributed by atoms with Crippen LogP contribution in [0, 0.1) is 10.1 Å². The van der Waals surface area contributed by atoms with Gasteiger partial charge in [0.05, 0.1) is 6.04 Å². The molecule has 1 atom stereocenters. The second-order valence-electron chi connectivity index (χ2n) is 4.98. The van der Waals surface area contributed by atoms with Gasteiger partial charge in [0.1, 0.15) is 6.20 Å². The number of rotatable bonds is 3. The van der Waals surface area contributed by atoms with Gasteiger partial charge < -0.3 is 15.0 Å². The molecule has 0 radical (unpaired) electrons. The molecular formula is C13H12N4O2S2. The summed E-state index contributed by atoms with van der Waals surface area (Å²) >= 11 is 3.08. The van der Waals surface area contributed by atoms with Crippen LogP contribution in [0.15, 0.2) is 28.4 Å². The van der Waals surface area contributed by atoms with Crippen molar-refractivity contribution in [3.05, 3.63) is 44.1 Å². The Hall–Kier alpha value is -1.93. The summed E-state index contributed by atoms with van der Waals surface area (Å²) in [5.74, 6) is 0.578. The Kier molecular flexibility index (Phi) is 2.93. The Balaban J connectivity index is 1.83. The zero-order chi connectivity index (χ0) is 14.4. The number of nitro groups is 1. The fourth-order valence-corrected chi connectivity index (χ4v) is 4.37. The monoisotopic (exact) mass is 320 g/mol. The normalized spacial score (nSPS) is 18.7. The molecule has 108 valence electrons. The molecule has 4 heterocycles. The maximum absolute atomic E-state index is 11.5. The Morgan fingerprint density at radius 3 is 3.10 bits per heavy atom. The summed E-state index contributed by atoms with van der Waals surface area (Å²) in [7, 11) is 0. The smallest absolute Gasteiger partial charge is 0.358 e. The first-order valence-corrected chi connectivity index (χ1v) is 8.46. The van der Waals surface area contributed by atoms with Crippen LogP contribution in [0.4, 0.5) is 11.6 Å². The van der Waals surface area contributed by atoms with Crippen molar-refractivity contribution >= 4 is 39.3 Å². The number of nitrogens with zero attached hydrogens (tertiary/aromatic N) is 4. The molecule has 3 aromatic rings. The van der Waals surface area contributed by atoms with Gasteiger partial charge in [-0.15, -0.1) is 0 Å². The highest BCUT2D eigenvalue weighted by molar-refractivity contribution is 7.15. The van der Waals surface area contributed by atoms with E-state index >= 15 is 0 Å². The van der Waals surface area contributed by atoms with Crippen LogP contribution in [-0.2, 0) is 0 Å². The molecule has 0 aromatic carbocycles. The largest absolute Gasteiger partial charge is 0.373 e. The molecular weight excluding hydrogens is 308 g/mol. The molecule has 1 saturated heterocycles. The van der Waals surface area contributed by atoms with Crippen molar-refractivity contribution < 1.29 is 4.92 Å². The quantitative estimate of drug-likeness (QED) is 0.545. The molecule has 0 saturated carbocycles. The topological polar surface area (TPSA) is 63.7 Å². The van der Waals surface area contributed by atoms with E-state index in [4.69, 9.17) is 0 Å². The highest BCUT2D eigenvalue weighted by atomic mass is 32.1. The standard InChI is InChI=1S/C13H12N4O2S2/c18-17(19)12-11(14-13-16(12)5-7-21-13)15-4-1-2-10(15)9-3-6-20-8-9/h3,5-8,10H,1-2,4H2/t10-/m1/s1. The van der Waals surface area contributed by atoms with Gasteiger partial charge >= 0.3 is 5.82 Å². The van der Waals surface area contributed by atoms with Crippen molar-refractivity contribution in [3.8, 4) is 0 Å². The van der Waals surface area contributed by atoms with Gasteiger partial charge in [-0.1, -0.05) is 11.3 Å². The van der Waals surface area contributed by atoms with E-state index in [0.29, 0.717) is 10.8 Å². The van der Waals surface area contributed by atoms with E-state index in [9.17, 15) is 10.1 Å². The lowest BCUT2D eigenvalue weighted by molar-refractivity contribution is -0.389. The fourth-order valence-electron chi connectivity index (χ4n) is 2.96. The lowest BCUT2D eigenvalue weighted by Crippen LogP contribution is -2.23. The van der Waals surface area contributed by atoms with Crippen molar-refractivity contribution in [2.75, 3.05) is 11.4 Å². The van der Waals surface area contributed by atoms with E-state index in [-0.39, 0.29) is 16.8 Å². The first-order chi connectivity index (χ1) is 10.3. The van der Waals surface area contributed by atoms with E-state index in [1.807, 2.05) is 10.8 Å². The van der Waals surface area contributed by atoms with Crippen molar-refractivity contribution in [2.24, 2.45) is 0 Å². The molecule has 1 fully saturated rings. The van der Waals surface area contributed by atoms with Crippen LogP contribution in [0.3, 0.4) is 0 Å². The Morgan fingerprint density at radius 2 is 2.33 bits per heavy atom. The van der Waals surface area contributed by atoms with Crippen molar-refractivity contribution in [1.82, 2.24) is 9.38 Å². The lowest BCUT2D eigenvalue weighted by Gasteiger charge is -2.23. The minimum Gasteiger partial charge on any atom is -0.358 e. The molecule has 0 N–H and O–H groups in total. The number of imidazole rings is 1. The van der Waals surface area contributed by atoms with Gasteiger partial charge in [0, 0.05) is 11.9 Å². The molecule has 4 rings (SSSR count). The molecule has 0 spiro atoms. The van der Waals surface area contributed by atoms with Gasteiger partial charge in [-0.25, -0.2) is 0 Å². The summed E-state index contributed by atoms with van der Waals surface area (Å²) in [6, 6.07) is 2.29. The highest BCUT2D eigenvalue weighted by Gasteiger charge is 2.35. The van der Waals surface area contributed by atoms with Gasteiger partial charge in [0.25, 0.3) is 4.96 Å². The summed E-state index contributed by atoms with van der Waals surface area (Å²) in [5, 5.41) is 17.5. The third kappa shape index (κ3) is 1.94. The van der Waals surface area contributed by atoms with Crippen LogP contribution >= 0.6 is 22.7 Å². The molecule has 1 aliphatic rings. The Labute approximate surface area is 128 Å². The molecule has 8 heteroatoms. The highest BCUT2D eigenvalue weighted by Crippen LogP contribution is 2.41. The van der Waals surface area contributed by atoms with Crippen LogP contribution in [-0.4, -0.2) is 20.9 Å². The summed E-state index contributed by atoms with van der Waals surface area (Å²) in [4.78, 5) is 18.4. The number of hydrogen-bond acceptors (Lipinski definition) is 6. The van der Waals surface area contributed by atoms with E-state index < -0.39 is 0 Å². The number of anilines is 1. The number of thiazole rings is 1. The van der Waals surface area contributed by atoms with Gasteiger partial charge in [-0.05, 0) is 40.2 Å². The second-order valence-corrected chi connectivity index (χ2v) is 6.63. The van der Waals surface area contributed by atoms with Crippen LogP contribution in [0.25, 0.3) is 4.96 Å². The molecule has 1 aliphatic heterocycles. The Bertz CT molecular complexity index is 792. The van der Waals surface area contributed by atoms with Crippen molar-refractivity contribution in [1.29, 1.82) is 0 Å². The molecule has 0 unspecified atom stereocenters. The third-order valence-corrected chi connectivity index (χ3v) is 5.30. The number of hydrogen-bond donors (Lipinski definition) is 0. The van der Waals surface area contributed by atoms with Crippen molar-refractivity contribution in [2.45, 2.75) is 18.9 Å². The minimum atomic E-state index is -0.328. The third-order valence-electron chi connectivity index (χ3n) is 3.84. The summed E-state index contributed by atoms with van der Waals surface area (Å²) < 4.78 is 1.57. The van der Waals surface area contributed by atoms with Gasteiger partial charge in [-0.3, -0.25) is 0 Å². The van der Waals surface area contributed by atoms with Crippen molar-refractivity contribution in [3.63, 3.8) is 0 Å². The van der Waals surface area contributed by atoms with E-state index in [2.05, 4.69) is 21.3 Å². The fraction of sp³-hybridized carbons (Fsp3) is 0.308. The van der Waals surface area contributed by atoms with Gasteiger partial charge in [0.2, 0.25) is 5.82 Å². The molecule has 21 heavy (non-hydrogen) atoms. The van der Waals surface area contributed by atoms with Crippen LogP contribution in [0.1, 0.15) is 24.4 Å². The molecule has 0 bridgehead atoms. The van der Waals surface area contributed by atoms with E-state index in [1.165, 1.54) is 16.9 Å². The summed E-state index contributed by atoms with van der Waals surface area (Å²) in [5.41, 5.74) is 1.23. The Morgan fingerprint density at radius 1 is 1.43 bits per heavy atom. The zero-order valence-corrected chi connectivity index (χ0v) is 12.6. The molecule has 3 aromatic heterocycles. The van der Waals surface area contributed by atoms with Crippen LogP contribution < -0.4 is 4.90 Å². The van der Waals surface area contributed by atoms with E-state index in [0.717, 1.165) is 19.4 Å². The first-order valence-electron chi connectivity index (χ1n) is 6.64.